The summed E-state index contributed by atoms with van der Waals surface area (Å²) in [6, 6.07) is 6.86. The molecule has 17 heteroatoms. The summed E-state index contributed by atoms with van der Waals surface area (Å²) in [5, 5.41) is 31.8. The predicted octanol–water partition coefficient (Wildman–Crippen LogP) is 2.47. The van der Waals surface area contributed by atoms with E-state index in [2.05, 4.69) is 73.7 Å². The van der Waals surface area contributed by atoms with E-state index >= 15 is 0 Å². The van der Waals surface area contributed by atoms with Crippen LogP contribution in [-0.2, 0) is 0 Å². The summed E-state index contributed by atoms with van der Waals surface area (Å²) < 4.78 is 0. The molecule has 0 spiro atoms. The number of nitrogens with one attached hydrogen (secondary N) is 6. The molecule has 3 heterocycles. The summed E-state index contributed by atoms with van der Waals surface area (Å²) in [5.41, 5.74) is 0.509. The second kappa shape index (κ2) is 23.8. The van der Waals surface area contributed by atoms with E-state index < -0.39 is 4.96 Å². The first kappa shape index (κ1) is 27.4. The molecular formula is C7H9B3Cl5N9. The molecule has 0 aromatic carbocycles. The van der Waals surface area contributed by atoms with Gasteiger partial charge in [0.2, 0.25) is 14.5 Å². The molecule has 0 saturated heterocycles. The van der Waals surface area contributed by atoms with Gasteiger partial charge >= 0.3 is 4.96 Å². The van der Waals surface area contributed by atoms with Crippen LogP contribution in [-0.4, -0.2) is 55.7 Å². The van der Waals surface area contributed by atoms with Gasteiger partial charge in [0.25, 0.3) is 0 Å². The highest BCUT2D eigenvalue weighted by atomic mass is 35.6. The molecule has 0 atom stereocenters. The van der Waals surface area contributed by atoms with Crippen molar-refractivity contribution in [1.82, 2.24) is 36.3 Å². The minimum atomic E-state index is -0.750. The Kier molecular flexibility index (Phi) is 27.2. The van der Waals surface area contributed by atoms with Crippen molar-refractivity contribution in [3.63, 3.8) is 0 Å². The fourth-order valence-corrected chi connectivity index (χ4v) is 0.585. The monoisotopic (exact) mass is 427 g/mol. The average molecular weight is 429 g/mol. The van der Waals surface area contributed by atoms with Gasteiger partial charge < -0.3 is 0 Å². The van der Waals surface area contributed by atoms with Gasteiger partial charge in [-0.05, 0) is 12.1 Å². The standard InChI is InChI=1S/C7H3N3.BCl3.2BCl.2H3N3/c8-4-6-2-1-3-10-7(6)5-9;2-1(3)4;2*1-2;2*1-2-3-1/h1-3H;;;;2*1-3H. The third kappa shape index (κ3) is 32.5. The number of H-pyrrole nitrogens is 6. The molecule has 0 aliphatic rings. The molecule has 4 radical (unpaired) electrons. The number of hydrogen-bond donors (Lipinski definition) is 6. The molecule has 3 aromatic rings. The number of rotatable bonds is 0. The van der Waals surface area contributed by atoms with Crippen LogP contribution >= 0.6 is 57.3 Å². The van der Waals surface area contributed by atoms with Crippen LogP contribution in [0, 0.1) is 22.7 Å². The van der Waals surface area contributed by atoms with E-state index in [0.717, 1.165) is 0 Å². The van der Waals surface area contributed by atoms with Gasteiger partial charge in [-0.3, -0.25) is 0 Å². The van der Waals surface area contributed by atoms with Gasteiger partial charge in [-0.25, -0.2) is 59.2 Å². The number of nitriles is 2. The van der Waals surface area contributed by atoms with E-state index in [0.29, 0.717) is 5.56 Å². The lowest BCUT2D eigenvalue weighted by atomic mass is 10.2. The summed E-state index contributed by atoms with van der Waals surface area (Å²) in [5.74, 6) is 0. The number of pyridine rings is 1. The number of nitrogens with zero attached hydrogens (tertiary/aromatic N) is 3. The molecule has 0 fully saturated rings. The first-order chi connectivity index (χ1) is 11.6. The van der Waals surface area contributed by atoms with Crippen molar-refractivity contribution in [2.24, 2.45) is 0 Å². The first-order valence-corrected chi connectivity index (χ1v) is 7.41. The summed E-state index contributed by atoms with van der Waals surface area (Å²) in [6.45, 7) is 0. The van der Waals surface area contributed by atoms with E-state index in [1.165, 1.54) is 6.20 Å². The third-order valence-electron chi connectivity index (χ3n) is 1.28. The molecule has 0 aliphatic heterocycles. The van der Waals surface area contributed by atoms with E-state index in [1.807, 2.05) is 12.1 Å². The molecule has 0 saturated carbocycles. The number of aromatic nitrogens is 7. The minimum absolute atomic E-state index is 0.185. The van der Waals surface area contributed by atoms with Crippen molar-refractivity contribution in [3.8, 4) is 12.1 Å². The van der Waals surface area contributed by atoms with Crippen LogP contribution < -0.4 is 0 Å². The van der Waals surface area contributed by atoms with Crippen LogP contribution in [0.3, 0.4) is 0 Å². The third-order valence-corrected chi connectivity index (χ3v) is 1.28. The Morgan fingerprint density at radius 3 is 1.46 bits per heavy atom. The highest BCUT2D eigenvalue weighted by Gasteiger charge is 1.97. The number of hydrogen-bond acceptors (Lipinski definition) is 3. The van der Waals surface area contributed by atoms with Crippen LogP contribution in [0.25, 0.3) is 0 Å². The van der Waals surface area contributed by atoms with Gasteiger partial charge in [-0.15, -0.1) is 0 Å². The fourth-order valence-electron chi connectivity index (χ4n) is 0.585. The molecule has 0 unspecified atom stereocenters. The Hall–Kier alpha value is -1.43. The zero-order chi connectivity index (χ0) is 19.2. The van der Waals surface area contributed by atoms with E-state index in [-0.39, 0.29) is 5.69 Å². The maximum atomic E-state index is 8.41. The Morgan fingerprint density at radius 1 is 0.875 bits per heavy atom. The Balaban J connectivity index is -0.000000261. The van der Waals surface area contributed by atoms with Crippen molar-refractivity contribution in [3.05, 3.63) is 29.6 Å². The molecule has 6 N–H and O–H groups in total. The molecule has 126 valence electrons. The lowest BCUT2D eigenvalue weighted by Gasteiger charge is -1.87. The molecule has 3 rings (SSSR count). The van der Waals surface area contributed by atoms with Crippen LogP contribution in [0.5, 0.6) is 0 Å². The summed E-state index contributed by atoms with van der Waals surface area (Å²) in [4.78, 5) is 2.93. The number of halogens is 5. The van der Waals surface area contributed by atoms with Gasteiger partial charge in [0.05, 0.1) is 5.56 Å². The quantitative estimate of drug-likeness (QED) is 0.304. The molecule has 3 aromatic heterocycles. The van der Waals surface area contributed by atoms with E-state index in [4.69, 9.17) is 44.9 Å². The lowest BCUT2D eigenvalue weighted by Crippen LogP contribution is -1.85. The Morgan fingerprint density at radius 2 is 1.25 bits per heavy atom. The molecule has 24 heavy (non-hydrogen) atoms. The van der Waals surface area contributed by atoms with Crippen LogP contribution in [0.1, 0.15) is 11.3 Å². The van der Waals surface area contributed by atoms with Gasteiger partial charge in [0.1, 0.15) is 12.1 Å². The van der Waals surface area contributed by atoms with Gasteiger partial charge in [0, 0.05) is 6.20 Å². The maximum absolute atomic E-state index is 8.41. The highest BCUT2D eigenvalue weighted by Crippen LogP contribution is 1.99. The first-order valence-electron chi connectivity index (χ1n) is 5.23. The maximum Gasteiger partial charge on any atom is 0.450 e. The second-order valence-electron chi connectivity index (χ2n) is 2.62. The number of aromatic amines is 6. The highest BCUT2D eigenvalue weighted by molar-refractivity contribution is 7.54. The Bertz CT molecular complexity index is 519. The SMILES string of the molecule is ClB(Cl)Cl.N#Cc1cccnc1C#N.[B]Cl.[B]Cl.[nH]1[nH][nH]1.[nH]1[nH][nH]1. The minimum Gasteiger partial charge on any atom is -0.244 e. The lowest BCUT2D eigenvalue weighted by molar-refractivity contribution is 1.24. The second-order valence-corrected chi connectivity index (χ2v) is 4.60. The van der Waals surface area contributed by atoms with Crippen LogP contribution in [0.15, 0.2) is 18.3 Å². The smallest absolute Gasteiger partial charge is 0.244 e. The van der Waals surface area contributed by atoms with Crippen molar-refractivity contribution < 1.29 is 0 Å². The molecule has 0 aliphatic carbocycles. The normalized spacial score (nSPS) is 6.79. The van der Waals surface area contributed by atoms with Crippen molar-refractivity contribution in [2.75, 3.05) is 0 Å². The summed E-state index contributed by atoms with van der Waals surface area (Å²) in [7, 11) is 7.94. The van der Waals surface area contributed by atoms with Crippen molar-refractivity contribution in [2.45, 2.75) is 0 Å². The predicted molar refractivity (Wildman–Crippen MR) is 99.2 cm³/mol. The summed E-state index contributed by atoms with van der Waals surface area (Å²) >= 11 is 22.7. The fraction of sp³-hybridized carbons (Fsp3) is 0. The topological polar surface area (TPSA) is 155 Å². The van der Waals surface area contributed by atoms with Gasteiger partial charge in [-0.1, -0.05) is 0 Å². The van der Waals surface area contributed by atoms with Gasteiger partial charge in [-0.2, -0.15) is 44.9 Å². The molecule has 9 nitrogen and oxygen atoms in total. The Labute approximate surface area is 165 Å². The zero-order valence-corrected chi connectivity index (χ0v) is 15.5. The summed E-state index contributed by atoms with van der Waals surface area (Å²) in [6.07, 6.45) is 1.49. The van der Waals surface area contributed by atoms with Crippen molar-refractivity contribution in [1.29, 1.82) is 10.5 Å². The largest absolute Gasteiger partial charge is 0.450 e. The average Bonchev–Trinajstić information content (AvgIpc) is 3.50. The molecular weight excluding hydrogens is 420 g/mol. The van der Waals surface area contributed by atoms with E-state index in [9.17, 15) is 0 Å². The van der Waals surface area contributed by atoms with E-state index in [1.54, 1.807) is 12.1 Å². The van der Waals surface area contributed by atoms with Crippen molar-refractivity contribution >= 4 is 76.8 Å². The zero-order valence-electron chi connectivity index (χ0n) is 11.7. The van der Waals surface area contributed by atoms with Crippen LogP contribution in [0.4, 0.5) is 0 Å². The molecule has 0 amide bonds. The molecule has 0 bridgehead atoms. The van der Waals surface area contributed by atoms with Crippen LogP contribution in [0.2, 0.25) is 0 Å². The van der Waals surface area contributed by atoms with Gasteiger partial charge in [0.15, 0.2) is 5.69 Å².